The number of hydrogen-bond donors (Lipinski definition) is 0. The van der Waals surface area contributed by atoms with Gasteiger partial charge in [0.2, 0.25) is 0 Å². The van der Waals surface area contributed by atoms with Crippen molar-refractivity contribution in [2.75, 3.05) is 13.2 Å². The third-order valence-electron chi connectivity index (χ3n) is 6.14. The van der Waals surface area contributed by atoms with Gasteiger partial charge in [-0.05, 0) is 75.6 Å². The largest absolute Gasteiger partial charge is 0.491 e. The van der Waals surface area contributed by atoms with Gasteiger partial charge in [0, 0.05) is 23.9 Å². The maximum Gasteiger partial charge on any atom is 0.266 e. The Kier molecular flexibility index (Phi) is 7.27. The van der Waals surface area contributed by atoms with E-state index in [2.05, 4.69) is 6.07 Å². The highest BCUT2D eigenvalue weighted by Gasteiger charge is 2.35. The zero-order valence-electron chi connectivity index (χ0n) is 20.6. The summed E-state index contributed by atoms with van der Waals surface area (Å²) in [7, 11) is 0. The number of para-hydroxylation sites is 1. The summed E-state index contributed by atoms with van der Waals surface area (Å²) in [6.07, 6.45) is 6.00. The summed E-state index contributed by atoms with van der Waals surface area (Å²) in [4.78, 5) is 15.6. The van der Waals surface area contributed by atoms with Gasteiger partial charge in [-0.15, -0.1) is 0 Å². The van der Waals surface area contributed by atoms with E-state index in [9.17, 15) is 4.79 Å². The molecule has 2 aromatic carbocycles. The fraction of sp³-hybridized carbons (Fsp3) is 0.321. The molecule has 6 nitrogen and oxygen atoms in total. The molecule has 3 heterocycles. The second-order valence-corrected chi connectivity index (χ2v) is 11.0. The van der Waals surface area contributed by atoms with Crippen molar-refractivity contribution in [3.05, 3.63) is 70.8 Å². The molecule has 186 valence electrons. The number of aryl methyl sites for hydroxylation is 1. The van der Waals surface area contributed by atoms with Crippen LogP contribution in [0.2, 0.25) is 0 Å². The summed E-state index contributed by atoms with van der Waals surface area (Å²) >= 11 is 6.89. The molecule has 2 aliphatic heterocycles. The van der Waals surface area contributed by atoms with Crippen LogP contribution < -0.4 is 4.74 Å². The molecule has 0 radical (unpaired) electrons. The first-order valence-electron chi connectivity index (χ1n) is 12.2. The number of carbonyl (C=O) groups is 1. The number of hydrogen-bond acceptors (Lipinski definition) is 6. The minimum atomic E-state index is -0.0734. The quantitative estimate of drug-likeness (QED) is 0.281. The SMILES string of the molecule is Cc1cc(-c2nn(-c3ccccc3)cc2C=C2SC(=S)N(CC3CCCO3)C2=O)ccc1OC(C)C. The van der Waals surface area contributed by atoms with Gasteiger partial charge in [0.25, 0.3) is 5.91 Å². The Morgan fingerprint density at radius 2 is 2.06 bits per heavy atom. The smallest absolute Gasteiger partial charge is 0.266 e. The molecule has 36 heavy (non-hydrogen) atoms. The first-order chi connectivity index (χ1) is 17.4. The van der Waals surface area contributed by atoms with Crippen LogP contribution in [0.4, 0.5) is 0 Å². The molecule has 3 aromatic rings. The molecule has 0 aliphatic carbocycles. The number of aromatic nitrogens is 2. The number of amides is 1. The molecule has 0 bridgehead atoms. The van der Waals surface area contributed by atoms with Crippen molar-refractivity contribution in [3.8, 4) is 22.7 Å². The van der Waals surface area contributed by atoms with Crippen molar-refractivity contribution < 1.29 is 14.3 Å². The van der Waals surface area contributed by atoms with Gasteiger partial charge in [0.05, 0.1) is 29.3 Å². The normalized spacial score (nSPS) is 19.2. The number of carbonyl (C=O) groups excluding carboxylic acids is 1. The highest BCUT2D eigenvalue weighted by Crippen LogP contribution is 2.36. The van der Waals surface area contributed by atoms with E-state index in [0.29, 0.717) is 15.8 Å². The highest BCUT2D eigenvalue weighted by molar-refractivity contribution is 8.26. The van der Waals surface area contributed by atoms with Crippen LogP contribution in [0.3, 0.4) is 0 Å². The third kappa shape index (κ3) is 5.26. The van der Waals surface area contributed by atoms with Crippen LogP contribution >= 0.6 is 24.0 Å². The summed E-state index contributed by atoms with van der Waals surface area (Å²) in [5, 5.41) is 4.91. The van der Waals surface area contributed by atoms with Crippen LogP contribution in [0.15, 0.2) is 59.6 Å². The van der Waals surface area contributed by atoms with E-state index >= 15 is 0 Å². The maximum atomic E-state index is 13.3. The van der Waals surface area contributed by atoms with Crippen molar-refractivity contribution in [1.29, 1.82) is 0 Å². The van der Waals surface area contributed by atoms with Crippen LogP contribution in [0.25, 0.3) is 23.0 Å². The number of ether oxygens (including phenoxy) is 2. The zero-order chi connectivity index (χ0) is 25.2. The third-order valence-corrected chi connectivity index (χ3v) is 7.52. The van der Waals surface area contributed by atoms with Gasteiger partial charge < -0.3 is 9.47 Å². The van der Waals surface area contributed by atoms with Crippen molar-refractivity contribution in [2.24, 2.45) is 0 Å². The predicted molar refractivity (Wildman–Crippen MR) is 148 cm³/mol. The molecule has 1 atom stereocenters. The molecule has 1 aromatic heterocycles. The lowest BCUT2D eigenvalue weighted by molar-refractivity contribution is -0.123. The lowest BCUT2D eigenvalue weighted by atomic mass is 10.0. The van der Waals surface area contributed by atoms with E-state index in [1.165, 1.54) is 11.8 Å². The van der Waals surface area contributed by atoms with Crippen molar-refractivity contribution >= 4 is 40.3 Å². The summed E-state index contributed by atoms with van der Waals surface area (Å²) in [5.41, 5.74) is 4.58. The Balaban J connectivity index is 1.51. The van der Waals surface area contributed by atoms with Crippen LogP contribution in [-0.4, -0.2) is 50.3 Å². The van der Waals surface area contributed by atoms with E-state index in [4.69, 9.17) is 26.8 Å². The zero-order valence-corrected chi connectivity index (χ0v) is 22.3. The monoisotopic (exact) mass is 519 g/mol. The Morgan fingerprint density at radius 3 is 2.75 bits per heavy atom. The Hall–Kier alpha value is -2.94. The first kappa shape index (κ1) is 24.7. The fourth-order valence-electron chi connectivity index (χ4n) is 4.40. The molecule has 0 spiro atoms. The van der Waals surface area contributed by atoms with Crippen LogP contribution in [0, 0.1) is 6.92 Å². The van der Waals surface area contributed by atoms with Crippen LogP contribution in [0.1, 0.15) is 37.8 Å². The maximum absolute atomic E-state index is 13.3. The average molecular weight is 520 g/mol. The predicted octanol–water partition coefficient (Wildman–Crippen LogP) is 6.02. The lowest BCUT2D eigenvalue weighted by Crippen LogP contribution is -2.35. The minimum Gasteiger partial charge on any atom is -0.491 e. The molecule has 2 fully saturated rings. The van der Waals surface area contributed by atoms with Gasteiger partial charge in [-0.1, -0.05) is 42.2 Å². The van der Waals surface area contributed by atoms with Crippen molar-refractivity contribution in [2.45, 2.75) is 45.8 Å². The number of benzene rings is 2. The molecule has 0 N–H and O–H groups in total. The molecular formula is C28H29N3O3S2. The summed E-state index contributed by atoms with van der Waals surface area (Å²) < 4.78 is 14.1. The Bertz CT molecular complexity index is 1310. The van der Waals surface area contributed by atoms with Crippen molar-refractivity contribution in [3.63, 3.8) is 0 Å². The van der Waals surface area contributed by atoms with Gasteiger partial charge >= 0.3 is 0 Å². The van der Waals surface area contributed by atoms with Gasteiger partial charge in [0.1, 0.15) is 15.8 Å². The second kappa shape index (κ2) is 10.6. The van der Waals surface area contributed by atoms with Gasteiger partial charge in [-0.25, -0.2) is 4.68 Å². The van der Waals surface area contributed by atoms with E-state index in [-0.39, 0.29) is 18.1 Å². The van der Waals surface area contributed by atoms with Crippen LogP contribution in [-0.2, 0) is 9.53 Å². The number of rotatable bonds is 7. The Labute approximate surface area is 221 Å². The van der Waals surface area contributed by atoms with Crippen molar-refractivity contribution in [1.82, 2.24) is 14.7 Å². The summed E-state index contributed by atoms with van der Waals surface area (Å²) in [6.45, 7) is 7.32. The molecule has 2 aliphatic rings. The van der Waals surface area contributed by atoms with E-state index in [1.807, 2.05) is 80.2 Å². The van der Waals surface area contributed by atoms with E-state index in [0.717, 1.165) is 53.3 Å². The van der Waals surface area contributed by atoms with Crippen LogP contribution in [0.5, 0.6) is 5.75 Å². The highest BCUT2D eigenvalue weighted by atomic mass is 32.2. The average Bonchev–Trinajstić information content (AvgIpc) is 3.58. The lowest BCUT2D eigenvalue weighted by Gasteiger charge is -2.18. The van der Waals surface area contributed by atoms with E-state index in [1.54, 1.807) is 4.90 Å². The van der Waals surface area contributed by atoms with Gasteiger partial charge in [0.15, 0.2) is 0 Å². The Morgan fingerprint density at radius 1 is 1.25 bits per heavy atom. The number of thiocarbonyl (C=S) groups is 1. The molecule has 1 unspecified atom stereocenters. The molecule has 8 heteroatoms. The van der Waals surface area contributed by atoms with Gasteiger partial charge in [-0.3, -0.25) is 9.69 Å². The minimum absolute atomic E-state index is 0.0535. The molecule has 2 saturated heterocycles. The number of thioether (sulfide) groups is 1. The molecule has 0 saturated carbocycles. The molecule has 1 amide bonds. The fourth-order valence-corrected chi connectivity index (χ4v) is 5.67. The number of nitrogens with zero attached hydrogens (tertiary/aromatic N) is 3. The summed E-state index contributed by atoms with van der Waals surface area (Å²) in [6, 6.07) is 16.0. The summed E-state index contributed by atoms with van der Waals surface area (Å²) in [5.74, 6) is 0.781. The standard InChI is InChI=1S/C28H29N3O3S2/c1-18(2)34-24-12-11-20(14-19(24)3)26-21(16-31(29-26)22-8-5-4-6-9-22)15-25-27(32)30(28(35)36-25)17-23-10-7-13-33-23/h4-6,8-9,11-12,14-16,18,23H,7,10,13,17H2,1-3H3. The first-order valence-corrected chi connectivity index (χ1v) is 13.4. The van der Waals surface area contributed by atoms with E-state index < -0.39 is 0 Å². The topological polar surface area (TPSA) is 56.6 Å². The molecular weight excluding hydrogens is 490 g/mol. The molecule has 5 rings (SSSR count). The van der Waals surface area contributed by atoms with Gasteiger partial charge in [-0.2, -0.15) is 5.10 Å². The second-order valence-electron chi connectivity index (χ2n) is 9.29.